The van der Waals surface area contributed by atoms with Crippen molar-refractivity contribution < 1.29 is 22.5 Å². The van der Waals surface area contributed by atoms with Gasteiger partial charge in [0, 0.05) is 43.6 Å². The van der Waals surface area contributed by atoms with E-state index in [4.69, 9.17) is 9.26 Å². The molecule has 2 aromatic rings. The lowest BCUT2D eigenvalue weighted by Gasteiger charge is -2.30. The van der Waals surface area contributed by atoms with E-state index in [0.29, 0.717) is 23.9 Å². The highest BCUT2D eigenvalue weighted by molar-refractivity contribution is 7.89. The fourth-order valence-electron chi connectivity index (χ4n) is 4.33. The summed E-state index contributed by atoms with van der Waals surface area (Å²) in [5, 5.41) is 4.09. The Balaban J connectivity index is 1.19. The molecule has 1 saturated carbocycles. The van der Waals surface area contributed by atoms with Crippen LogP contribution in [0.5, 0.6) is 0 Å². The van der Waals surface area contributed by atoms with Crippen LogP contribution >= 0.6 is 0 Å². The van der Waals surface area contributed by atoms with Gasteiger partial charge in [0.25, 0.3) is 0 Å². The average Bonchev–Trinajstić information content (AvgIpc) is 3.32. The normalized spacial score (nSPS) is 22.4. The van der Waals surface area contributed by atoms with Gasteiger partial charge in [0.1, 0.15) is 0 Å². The van der Waals surface area contributed by atoms with Crippen molar-refractivity contribution in [3.8, 4) is 11.4 Å². The Morgan fingerprint density at radius 3 is 2.50 bits per heavy atom. The average molecular weight is 461 g/mol. The summed E-state index contributed by atoms with van der Waals surface area (Å²) < 4.78 is 38.6. The van der Waals surface area contributed by atoms with Gasteiger partial charge >= 0.3 is 0 Å². The van der Waals surface area contributed by atoms with Crippen LogP contribution in [0.3, 0.4) is 0 Å². The third-order valence-corrected chi connectivity index (χ3v) is 7.91. The molecule has 2 saturated heterocycles. The lowest BCUT2D eigenvalue weighted by atomic mass is 9.96. The molecular weight excluding hydrogens is 432 g/mol. The number of amides is 1. The molecule has 3 aliphatic rings. The Labute approximate surface area is 187 Å². The van der Waals surface area contributed by atoms with Crippen molar-refractivity contribution >= 4 is 15.9 Å². The second-order valence-electron chi connectivity index (χ2n) is 8.84. The molecule has 0 spiro atoms. The molecule has 1 N–H and O–H groups in total. The highest BCUT2D eigenvalue weighted by Crippen LogP contribution is 2.34. The van der Waals surface area contributed by atoms with E-state index in [0.717, 1.165) is 51.6 Å². The van der Waals surface area contributed by atoms with Crippen LogP contribution in [0.2, 0.25) is 0 Å². The lowest BCUT2D eigenvalue weighted by Crippen LogP contribution is -2.38. The molecular formula is C22H28N4O5S. The molecule has 3 fully saturated rings. The fourth-order valence-corrected chi connectivity index (χ4v) is 5.39. The van der Waals surface area contributed by atoms with Crippen molar-refractivity contribution in [3.63, 3.8) is 0 Å². The van der Waals surface area contributed by atoms with Crippen LogP contribution in [-0.4, -0.2) is 61.7 Å². The standard InChI is InChI=1S/C22H28N4O5S/c27-22(17-3-4-17)26-11-9-16(10-12-26)21-24-20(25-31-21)15-5-7-19(8-6-15)32(28,29)23-14-18-2-1-13-30-18/h5-8,16-18,23H,1-4,9-14H2/t18-/m0/s1. The van der Waals surface area contributed by atoms with Crippen molar-refractivity contribution in [3.05, 3.63) is 30.2 Å². The molecule has 172 valence electrons. The van der Waals surface area contributed by atoms with Crippen LogP contribution in [0.4, 0.5) is 0 Å². The minimum absolute atomic E-state index is 0.0551. The van der Waals surface area contributed by atoms with Crippen molar-refractivity contribution in [2.45, 2.75) is 55.4 Å². The molecule has 10 heteroatoms. The molecule has 32 heavy (non-hydrogen) atoms. The van der Waals surface area contributed by atoms with Crippen LogP contribution in [0.15, 0.2) is 33.7 Å². The van der Waals surface area contributed by atoms with E-state index in [1.165, 1.54) is 0 Å². The Kier molecular flexibility index (Phi) is 6.00. The van der Waals surface area contributed by atoms with Crippen LogP contribution in [0.25, 0.3) is 11.4 Å². The van der Waals surface area contributed by atoms with Crippen LogP contribution < -0.4 is 4.72 Å². The summed E-state index contributed by atoms with van der Waals surface area (Å²) in [5.41, 5.74) is 0.694. The summed E-state index contributed by atoms with van der Waals surface area (Å²) >= 11 is 0. The molecule has 1 amide bonds. The molecule has 3 heterocycles. The summed E-state index contributed by atoms with van der Waals surface area (Å²) in [6.45, 7) is 2.42. The largest absolute Gasteiger partial charge is 0.377 e. The Hall–Kier alpha value is -2.30. The zero-order valence-corrected chi connectivity index (χ0v) is 18.7. The van der Waals surface area contributed by atoms with E-state index < -0.39 is 10.0 Å². The van der Waals surface area contributed by atoms with Crippen molar-refractivity contribution in [2.24, 2.45) is 5.92 Å². The number of nitrogens with one attached hydrogen (secondary N) is 1. The zero-order chi connectivity index (χ0) is 22.1. The molecule has 1 aromatic heterocycles. The maximum Gasteiger partial charge on any atom is 0.240 e. The summed E-state index contributed by atoms with van der Waals surface area (Å²) in [6.07, 6.45) is 5.46. The van der Waals surface area contributed by atoms with Gasteiger partial charge in [-0.3, -0.25) is 4.79 Å². The molecule has 0 radical (unpaired) electrons. The van der Waals surface area contributed by atoms with Crippen LogP contribution in [0.1, 0.15) is 50.3 Å². The van der Waals surface area contributed by atoms with Crippen LogP contribution in [0, 0.1) is 5.92 Å². The summed E-state index contributed by atoms with van der Waals surface area (Å²) in [4.78, 5) is 18.9. The van der Waals surface area contributed by atoms with Crippen molar-refractivity contribution in [2.75, 3.05) is 26.2 Å². The first-order valence-electron chi connectivity index (χ1n) is 11.3. The number of aromatic nitrogens is 2. The number of rotatable bonds is 7. The number of carbonyl (C=O) groups excluding carboxylic acids is 1. The minimum Gasteiger partial charge on any atom is -0.377 e. The number of ether oxygens (including phenoxy) is 1. The van der Waals surface area contributed by atoms with Gasteiger partial charge in [-0.1, -0.05) is 5.16 Å². The highest BCUT2D eigenvalue weighted by atomic mass is 32.2. The Morgan fingerprint density at radius 2 is 1.84 bits per heavy atom. The van der Waals surface area contributed by atoms with E-state index in [-0.39, 0.29) is 35.3 Å². The number of sulfonamides is 1. The number of carbonyl (C=O) groups is 1. The molecule has 1 atom stereocenters. The quantitative estimate of drug-likeness (QED) is 0.674. The number of hydrogen-bond acceptors (Lipinski definition) is 7. The first-order valence-corrected chi connectivity index (χ1v) is 12.8. The topological polar surface area (TPSA) is 115 Å². The van der Waals surface area contributed by atoms with Gasteiger partial charge in [-0.2, -0.15) is 4.98 Å². The molecule has 0 unspecified atom stereocenters. The predicted octanol–water partition coefficient (Wildman–Crippen LogP) is 2.31. The van der Waals surface area contributed by atoms with E-state index >= 15 is 0 Å². The second kappa shape index (κ2) is 8.92. The fraction of sp³-hybridized carbons (Fsp3) is 0.591. The maximum atomic E-state index is 12.5. The van der Waals surface area contributed by atoms with Gasteiger partial charge < -0.3 is 14.2 Å². The third kappa shape index (κ3) is 4.72. The molecule has 1 aromatic carbocycles. The molecule has 5 rings (SSSR count). The second-order valence-corrected chi connectivity index (χ2v) is 10.6. The summed E-state index contributed by atoms with van der Waals surface area (Å²) in [6, 6.07) is 6.47. The van der Waals surface area contributed by atoms with E-state index in [1.807, 2.05) is 4.90 Å². The van der Waals surface area contributed by atoms with Gasteiger partial charge in [-0.25, -0.2) is 13.1 Å². The molecule has 9 nitrogen and oxygen atoms in total. The van der Waals surface area contributed by atoms with Gasteiger partial charge in [0.05, 0.1) is 11.0 Å². The first kappa shape index (κ1) is 21.5. The van der Waals surface area contributed by atoms with Crippen LogP contribution in [-0.2, 0) is 19.6 Å². The summed E-state index contributed by atoms with van der Waals surface area (Å²) in [5.74, 6) is 1.69. The van der Waals surface area contributed by atoms with E-state index in [1.54, 1.807) is 24.3 Å². The van der Waals surface area contributed by atoms with E-state index in [2.05, 4.69) is 14.9 Å². The van der Waals surface area contributed by atoms with Gasteiger partial charge in [0.2, 0.25) is 27.6 Å². The van der Waals surface area contributed by atoms with Gasteiger partial charge in [0.15, 0.2) is 0 Å². The van der Waals surface area contributed by atoms with Crippen molar-refractivity contribution in [1.82, 2.24) is 19.8 Å². The smallest absolute Gasteiger partial charge is 0.240 e. The number of nitrogens with zero attached hydrogens (tertiary/aromatic N) is 3. The highest BCUT2D eigenvalue weighted by Gasteiger charge is 2.36. The summed E-state index contributed by atoms with van der Waals surface area (Å²) in [7, 11) is -3.60. The first-order chi connectivity index (χ1) is 15.5. The number of hydrogen-bond donors (Lipinski definition) is 1. The minimum atomic E-state index is -3.60. The van der Waals surface area contributed by atoms with Crippen molar-refractivity contribution in [1.29, 1.82) is 0 Å². The molecule has 1 aliphatic carbocycles. The number of benzene rings is 1. The zero-order valence-electron chi connectivity index (χ0n) is 17.9. The van der Waals surface area contributed by atoms with E-state index in [9.17, 15) is 13.2 Å². The van der Waals surface area contributed by atoms with Gasteiger partial charge in [-0.05, 0) is 62.8 Å². The number of likely N-dealkylation sites (tertiary alicyclic amines) is 1. The Morgan fingerprint density at radius 1 is 1.09 bits per heavy atom. The SMILES string of the molecule is O=C(C1CC1)N1CCC(c2nc(-c3ccc(S(=O)(=O)NC[C@@H]4CCCO4)cc3)no2)CC1. The number of piperidine rings is 1. The molecule has 2 aliphatic heterocycles. The monoisotopic (exact) mass is 460 g/mol. The lowest BCUT2D eigenvalue weighted by molar-refractivity contribution is -0.133. The maximum absolute atomic E-state index is 12.5. The Bertz CT molecular complexity index is 1050. The molecule has 0 bridgehead atoms. The van der Waals surface area contributed by atoms with Gasteiger partial charge in [-0.15, -0.1) is 0 Å². The third-order valence-electron chi connectivity index (χ3n) is 6.47. The predicted molar refractivity (Wildman–Crippen MR) is 115 cm³/mol.